The fraction of sp³-hybridized carbons (Fsp3) is 0.545. The van der Waals surface area contributed by atoms with Crippen LogP contribution in [0, 0.1) is 0 Å². The maximum atomic E-state index is 13.2. The molecule has 0 saturated carbocycles. The molecule has 3 unspecified atom stereocenters. The Balaban J connectivity index is 2.57. The fourth-order valence-electron chi connectivity index (χ4n) is 1.24. The number of hydrogen-bond acceptors (Lipinski definition) is 2. The second kappa shape index (κ2) is 5.00. The van der Waals surface area contributed by atoms with Crippen molar-refractivity contribution >= 4 is 9.24 Å². The standard InChI is InChI=1S/C11H18FN2P/c1-8(13)10-4-3-9(7-14-10)5-6-11(2,12)15/h3-4,7-8H,5-6,13,15H2,1-2H3. The Morgan fingerprint density at radius 1 is 1.60 bits per heavy atom. The summed E-state index contributed by atoms with van der Waals surface area (Å²) in [7, 11) is 2.20. The van der Waals surface area contributed by atoms with Gasteiger partial charge in [0.1, 0.15) is 5.41 Å². The van der Waals surface area contributed by atoms with E-state index >= 15 is 0 Å². The Hall–Kier alpha value is -0.530. The summed E-state index contributed by atoms with van der Waals surface area (Å²) in [5.41, 5.74) is 7.60. The van der Waals surface area contributed by atoms with Gasteiger partial charge >= 0.3 is 0 Å². The molecule has 84 valence electrons. The van der Waals surface area contributed by atoms with Crippen molar-refractivity contribution in [3.05, 3.63) is 29.6 Å². The van der Waals surface area contributed by atoms with Crippen molar-refractivity contribution < 1.29 is 4.39 Å². The van der Waals surface area contributed by atoms with Crippen molar-refractivity contribution in [2.75, 3.05) is 0 Å². The van der Waals surface area contributed by atoms with Gasteiger partial charge in [-0.25, -0.2) is 4.39 Å². The maximum absolute atomic E-state index is 13.2. The highest BCUT2D eigenvalue weighted by atomic mass is 31.0. The number of halogens is 1. The summed E-state index contributed by atoms with van der Waals surface area (Å²) in [6, 6.07) is 3.81. The van der Waals surface area contributed by atoms with Crippen molar-refractivity contribution in [1.29, 1.82) is 0 Å². The third kappa shape index (κ3) is 4.67. The van der Waals surface area contributed by atoms with E-state index in [-0.39, 0.29) is 6.04 Å². The van der Waals surface area contributed by atoms with E-state index in [0.717, 1.165) is 11.3 Å². The lowest BCUT2D eigenvalue weighted by atomic mass is 10.1. The van der Waals surface area contributed by atoms with Crippen molar-refractivity contribution in [1.82, 2.24) is 4.98 Å². The number of alkyl halides is 1. The Morgan fingerprint density at radius 2 is 2.27 bits per heavy atom. The second-order valence-corrected chi connectivity index (χ2v) is 5.36. The Morgan fingerprint density at radius 3 is 2.67 bits per heavy atom. The molecule has 0 fully saturated rings. The lowest BCUT2D eigenvalue weighted by molar-refractivity contribution is 0.296. The van der Waals surface area contributed by atoms with E-state index in [1.165, 1.54) is 0 Å². The number of aromatic nitrogens is 1. The smallest absolute Gasteiger partial charge is 0.121 e. The van der Waals surface area contributed by atoms with Crippen molar-refractivity contribution in [3.63, 3.8) is 0 Å². The average Bonchev–Trinajstić information content (AvgIpc) is 2.14. The van der Waals surface area contributed by atoms with Gasteiger partial charge in [0.15, 0.2) is 0 Å². The third-order valence-corrected chi connectivity index (χ3v) is 2.51. The van der Waals surface area contributed by atoms with Crippen LogP contribution in [0.2, 0.25) is 0 Å². The lowest BCUT2D eigenvalue weighted by Gasteiger charge is -2.13. The van der Waals surface area contributed by atoms with Gasteiger partial charge in [-0.05, 0) is 38.3 Å². The van der Waals surface area contributed by atoms with Gasteiger partial charge in [0.2, 0.25) is 0 Å². The van der Waals surface area contributed by atoms with E-state index in [9.17, 15) is 4.39 Å². The van der Waals surface area contributed by atoms with Crippen LogP contribution in [0.5, 0.6) is 0 Å². The van der Waals surface area contributed by atoms with Crippen molar-refractivity contribution in [2.24, 2.45) is 5.73 Å². The first-order valence-corrected chi connectivity index (χ1v) is 5.64. The minimum atomic E-state index is -1.19. The van der Waals surface area contributed by atoms with Gasteiger partial charge in [-0.3, -0.25) is 4.98 Å². The summed E-state index contributed by atoms with van der Waals surface area (Å²) >= 11 is 0. The highest BCUT2D eigenvalue weighted by Crippen LogP contribution is 2.25. The lowest BCUT2D eigenvalue weighted by Crippen LogP contribution is -2.09. The van der Waals surface area contributed by atoms with Gasteiger partial charge in [-0.2, -0.15) is 0 Å². The summed E-state index contributed by atoms with van der Waals surface area (Å²) in [5.74, 6) is 0. The first-order chi connectivity index (χ1) is 6.88. The zero-order valence-corrected chi connectivity index (χ0v) is 10.4. The molecule has 0 aliphatic heterocycles. The van der Waals surface area contributed by atoms with Crippen LogP contribution in [-0.4, -0.2) is 10.4 Å². The fourth-order valence-corrected chi connectivity index (χ4v) is 1.39. The molecule has 3 atom stereocenters. The molecule has 0 radical (unpaired) electrons. The summed E-state index contributed by atoms with van der Waals surface area (Å²) in [6.07, 6.45) is 2.95. The predicted octanol–water partition coefficient (Wildman–Crippen LogP) is 2.59. The van der Waals surface area contributed by atoms with Crippen LogP contribution in [0.3, 0.4) is 0 Å². The van der Waals surface area contributed by atoms with Gasteiger partial charge in [0.05, 0.1) is 5.69 Å². The normalized spacial score (nSPS) is 17.1. The van der Waals surface area contributed by atoms with Crippen LogP contribution in [-0.2, 0) is 6.42 Å². The number of nitrogens with zero attached hydrogens (tertiary/aromatic N) is 1. The minimum absolute atomic E-state index is 0.0489. The molecule has 4 heteroatoms. The molecule has 2 nitrogen and oxygen atoms in total. The van der Waals surface area contributed by atoms with Crippen LogP contribution in [0.4, 0.5) is 4.39 Å². The molecule has 0 aliphatic carbocycles. The minimum Gasteiger partial charge on any atom is -0.323 e. The summed E-state index contributed by atoms with van der Waals surface area (Å²) in [5, 5.41) is -1.19. The topological polar surface area (TPSA) is 38.9 Å². The van der Waals surface area contributed by atoms with E-state index in [0.29, 0.717) is 12.8 Å². The van der Waals surface area contributed by atoms with E-state index in [1.807, 2.05) is 19.1 Å². The van der Waals surface area contributed by atoms with Crippen LogP contribution >= 0.6 is 9.24 Å². The van der Waals surface area contributed by atoms with Crippen LogP contribution in [0.15, 0.2) is 18.3 Å². The Kier molecular flexibility index (Phi) is 4.18. The largest absolute Gasteiger partial charge is 0.323 e. The number of hydrogen-bond donors (Lipinski definition) is 1. The summed E-state index contributed by atoms with van der Waals surface area (Å²) in [6.45, 7) is 3.45. The molecule has 1 aromatic rings. The van der Waals surface area contributed by atoms with Gasteiger partial charge in [0, 0.05) is 12.2 Å². The SMILES string of the molecule is CC(N)c1ccc(CCC(C)(F)P)cn1. The number of nitrogens with two attached hydrogens (primary N) is 1. The average molecular weight is 228 g/mol. The number of rotatable bonds is 4. The molecule has 0 saturated heterocycles. The highest BCUT2D eigenvalue weighted by Gasteiger charge is 2.15. The molecular formula is C11H18FN2P. The molecule has 1 aromatic heterocycles. The summed E-state index contributed by atoms with van der Waals surface area (Å²) in [4.78, 5) is 4.22. The number of aryl methyl sites for hydroxylation is 1. The van der Waals surface area contributed by atoms with E-state index < -0.39 is 5.41 Å². The van der Waals surface area contributed by atoms with E-state index in [2.05, 4.69) is 14.2 Å². The highest BCUT2D eigenvalue weighted by molar-refractivity contribution is 7.18. The van der Waals surface area contributed by atoms with Crippen molar-refractivity contribution in [2.45, 2.75) is 38.1 Å². The molecule has 0 aliphatic rings. The van der Waals surface area contributed by atoms with Gasteiger partial charge in [-0.15, -0.1) is 0 Å². The van der Waals surface area contributed by atoms with Gasteiger partial charge < -0.3 is 5.73 Å². The third-order valence-electron chi connectivity index (χ3n) is 2.22. The second-order valence-electron chi connectivity index (χ2n) is 4.16. The monoisotopic (exact) mass is 228 g/mol. The molecule has 0 spiro atoms. The Bertz CT molecular complexity index is 303. The van der Waals surface area contributed by atoms with Crippen molar-refractivity contribution in [3.8, 4) is 0 Å². The first-order valence-electron chi connectivity index (χ1n) is 5.07. The molecule has 0 amide bonds. The molecule has 2 N–H and O–H groups in total. The molecule has 15 heavy (non-hydrogen) atoms. The summed E-state index contributed by atoms with van der Waals surface area (Å²) < 4.78 is 13.2. The van der Waals surface area contributed by atoms with E-state index in [4.69, 9.17) is 5.73 Å². The molecule has 1 rings (SSSR count). The number of pyridine rings is 1. The van der Waals surface area contributed by atoms with Gasteiger partial charge in [0.25, 0.3) is 0 Å². The molecule has 0 bridgehead atoms. The maximum Gasteiger partial charge on any atom is 0.121 e. The van der Waals surface area contributed by atoms with Crippen LogP contribution in [0.1, 0.15) is 37.6 Å². The van der Waals surface area contributed by atoms with Crippen LogP contribution < -0.4 is 5.73 Å². The molecular weight excluding hydrogens is 210 g/mol. The molecule has 1 heterocycles. The zero-order chi connectivity index (χ0) is 11.5. The first kappa shape index (κ1) is 12.5. The predicted molar refractivity (Wildman–Crippen MR) is 64.4 cm³/mol. The van der Waals surface area contributed by atoms with Crippen LogP contribution in [0.25, 0.3) is 0 Å². The van der Waals surface area contributed by atoms with E-state index in [1.54, 1.807) is 13.1 Å². The Labute approximate surface area is 92.7 Å². The quantitative estimate of drug-likeness (QED) is 0.804. The zero-order valence-electron chi connectivity index (χ0n) is 9.20. The van der Waals surface area contributed by atoms with Gasteiger partial charge in [-0.1, -0.05) is 15.3 Å². The molecule has 0 aromatic carbocycles.